The van der Waals surface area contributed by atoms with Gasteiger partial charge in [-0.1, -0.05) is 12.1 Å². The van der Waals surface area contributed by atoms with Crippen LogP contribution < -0.4 is 5.32 Å². The van der Waals surface area contributed by atoms with Crippen LogP contribution in [0.5, 0.6) is 0 Å². The number of hydrogen-bond donors (Lipinski definition) is 1. The molecule has 0 radical (unpaired) electrons. The van der Waals surface area contributed by atoms with E-state index in [2.05, 4.69) is 11.4 Å². The Bertz CT molecular complexity index is 544. The number of nitriles is 1. The number of nitrogens with one attached hydrogen (secondary N) is 1. The van der Waals surface area contributed by atoms with Gasteiger partial charge in [-0.05, 0) is 36.4 Å². The average molecular weight is 212 g/mol. The quantitative estimate of drug-likeness (QED) is 0.827. The van der Waals surface area contributed by atoms with E-state index in [9.17, 15) is 4.39 Å². The lowest BCUT2D eigenvalue weighted by molar-refractivity contribution is 0.628. The molecule has 16 heavy (non-hydrogen) atoms. The van der Waals surface area contributed by atoms with E-state index in [4.69, 9.17) is 5.26 Å². The van der Waals surface area contributed by atoms with Gasteiger partial charge in [0.1, 0.15) is 5.82 Å². The van der Waals surface area contributed by atoms with E-state index in [1.54, 1.807) is 30.3 Å². The van der Waals surface area contributed by atoms with E-state index in [0.29, 0.717) is 11.3 Å². The van der Waals surface area contributed by atoms with Gasteiger partial charge in [0.15, 0.2) is 0 Å². The van der Waals surface area contributed by atoms with Crippen molar-refractivity contribution >= 4 is 11.4 Å². The summed E-state index contributed by atoms with van der Waals surface area (Å²) in [6, 6.07) is 15.3. The van der Waals surface area contributed by atoms with Crippen molar-refractivity contribution in [3.63, 3.8) is 0 Å². The summed E-state index contributed by atoms with van der Waals surface area (Å²) in [5.41, 5.74) is 2.00. The molecule has 0 aliphatic heterocycles. The molecule has 0 heterocycles. The maximum absolute atomic E-state index is 12.9. The summed E-state index contributed by atoms with van der Waals surface area (Å²) in [7, 11) is 0. The third-order valence-electron chi connectivity index (χ3n) is 2.10. The summed E-state index contributed by atoms with van der Waals surface area (Å²) >= 11 is 0. The number of halogens is 1. The van der Waals surface area contributed by atoms with Crippen molar-refractivity contribution in [3.05, 3.63) is 59.9 Å². The second-order valence-electron chi connectivity index (χ2n) is 3.33. The van der Waals surface area contributed by atoms with Crippen LogP contribution in [0.1, 0.15) is 5.56 Å². The first-order chi connectivity index (χ1) is 7.78. The molecule has 2 aromatic rings. The van der Waals surface area contributed by atoms with Crippen LogP contribution in [-0.4, -0.2) is 0 Å². The van der Waals surface area contributed by atoms with E-state index >= 15 is 0 Å². The monoisotopic (exact) mass is 212 g/mol. The number of hydrogen-bond acceptors (Lipinski definition) is 2. The molecular weight excluding hydrogens is 203 g/mol. The Balaban J connectivity index is 2.24. The van der Waals surface area contributed by atoms with Gasteiger partial charge in [-0.3, -0.25) is 0 Å². The van der Waals surface area contributed by atoms with Crippen LogP contribution in [0.3, 0.4) is 0 Å². The third kappa shape index (κ3) is 2.37. The molecule has 0 saturated carbocycles. The van der Waals surface area contributed by atoms with Gasteiger partial charge in [0, 0.05) is 11.4 Å². The molecule has 2 nitrogen and oxygen atoms in total. The lowest BCUT2D eigenvalue weighted by atomic mass is 10.2. The molecule has 0 aromatic heterocycles. The van der Waals surface area contributed by atoms with Gasteiger partial charge < -0.3 is 5.32 Å². The number of benzene rings is 2. The highest BCUT2D eigenvalue weighted by molar-refractivity contribution is 5.61. The van der Waals surface area contributed by atoms with Crippen molar-refractivity contribution in [2.45, 2.75) is 0 Å². The first-order valence-corrected chi connectivity index (χ1v) is 4.81. The molecule has 1 N–H and O–H groups in total. The highest BCUT2D eigenvalue weighted by Gasteiger charge is 1.97. The fourth-order valence-electron chi connectivity index (χ4n) is 1.40. The Morgan fingerprint density at radius 3 is 2.38 bits per heavy atom. The second kappa shape index (κ2) is 4.45. The summed E-state index contributed by atoms with van der Waals surface area (Å²) in [5, 5.41) is 11.8. The first kappa shape index (κ1) is 10.2. The van der Waals surface area contributed by atoms with E-state index in [1.807, 2.05) is 6.07 Å². The second-order valence-corrected chi connectivity index (χ2v) is 3.33. The van der Waals surface area contributed by atoms with Crippen molar-refractivity contribution in [2.24, 2.45) is 0 Å². The van der Waals surface area contributed by atoms with Crippen LogP contribution in [-0.2, 0) is 0 Å². The molecule has 0 spiro atoms. The van der Waals surface area contributed by atoms with Crippen LogP contribution in [0.2, 0.25) is 0 Å². The van der Waals surface area contributed by atoms with Gasteiger partial charge in [-0.2, -0.15) is 5.26 Å². The Labute approximate surface area is 93.0 Å². The molecular formula is C13H9FN2. The van der Waals surface area contributed by atoms with Crippen LogP contribution in [0.15, 0.2) is 48.5 Å². The highest BCUT2D eigenvalue weighted by Crippen LogP contribution is 2.17. The molecule has 0 aliphatic carbocycles. The van der Waals surface area contributed by atoms with Gasteiger partial charge in [0.25, 0.3) is 0 Å². The zero-order chi connectivity index (χ0) is 11.4. The largest absolute Gasteiger partial charge is 0.355 e. The maximum Gasteiger partial charge on any atom is 0.125 e. The maximum atomic E-state index is 12.9. The lowest BCUT2D eigenvalue weighted by Crippen LogP contribution is -1.91. The fraction of sp³-hybridized carbons (Fsp3) is 0. The molecule has 0 atom stereocenters. The summed E-state index contributed by atoms with van der Waals surface area (Å²) in [4.78, 5) is 0. The van der Waals surface area contributed by atoms with E-state index in [-0.39, 0.29) is 5.82 Å². The molecule has 2 aromatic carbocycles. The Morgan fingerprint density at radius 1 is 1.00 bits per heavy atom. The predicted molar refractivity (Wildman–Crippen MR) is 60.8 cm³/mol. The zero-order valence-electron chi connectivity index (χ0n) is 8.44. The predicted octanol–water partition coefficient (Wildman–Crippen LogP) is 3.44. The van der Waals surface area contributed by atoms with Crippen molar-refractivity contribution in [3.8, 4) is 6.07 Å². The molecule has 0 fully saturated rings. The van der Waals surface area contributed by atoms with Crippen LogP contribution >= 0.6 is 0 Å². The van der Waals surface area contributed by atoms with Crippen LogP contribution in [0.4, 0.5) is 15.8 Å². The van der Waals surface area contributed by atoms with Crippen molar-refractivity contribution in [1.29, 1.82) is 5.26 Å². The van der Waals surface area contributed by atoms with Gasteiger partial charge >= 0.3 is 0 Å². The minimum Gasteiger partial charge on any atom is -0.355 e. The number of nitrogens with zero attached hydrogens (tertiary/aromatic N) is 1. The molecule has 0 saturated heterocycles. The summed E-state index contributed by atoms with van der Waals surface area (Å²) in [6.07, 6.45) is 0. The molecule has 0 unspecified atom stereocenters. The van der Waals surface area contributed by atoms with Gasteiger partial charge in [0.05, 0.1) is 11.6 Å². The molecule has 0 bridgehead atoms. The van der Waals surface area contributed by atoms with Crippen molar-refractivity contribution < 1.29 is 4.39 Å². The van der Waals surface area contributed by atoms with E-state index in [0.717, 1.165) is 5.69 Å². The first-order valence-electron chi connectivity index (χ1n) is 4.81. The topological polar surface area (TPSA) is 35.8 Å². The third-order valence-corrected chi connectivity index (χ3v) is 2.10. The normalized spacial score (nSPS) is 9.50. The number of anilines is 2. The smallest absolute Gasteiger partial charge is 0.125 e. The SMILES string of the molecule is N#Cc1cccc(Nc2cccc(F)c2)c1. The standard InChI is InChI=1S/C13H9FN2/c14-11-4-2-6-13(8-11)16-12-5-1-3-10(7-12)9-15/h1-8,16H. The zero-order valence-corrected chi connectivity index (χ0v) is 8.44. The van der Waals surface area contributed by atoms with Crippen molar-refractivity contribution in [2.75, 3.05) is 5.32 Å². The summed E-state index contributed by atoms with van der Waals surface area (Å²) in [6.45, 7) is 0. The van der Waals surface area contributed by atoms with Gasteiger partial charge in [-0.15, -0.1) is 0 Å². The molecule has 2 rings (SSSR count). The van der Waals surface area contributed by atoms with Crippen LogP contribution in [0.25, 0.3) is 0 Å². The lowest BCUT2D eigenvalue weighted by Gasteiger charge is -2.06. The molecule has 3 heteroatoms. The van der Waals surface area contributed by atoms with E-state index < -0.39 is 0 Å². The summed E-state index contributed by atoms with van der Waals surface area (Å²) in [5.74, 6) is -0.290. The van der Waals surface area contributed by atoms with Gasteiger partial charge in [0.2, 0.25) is 0 Å². The summed E-state index contributed by atoms with van der Waals surface area (Å²) < 4.78 is 12.9. The molecule has 0 amide bonds. The Morgan fingerprint density at radius 2 is 1.69 bits per heavy atom. The molecule has 78 valence electrons. The van der Waals surface area contributed by atoms with Gasteiger partial charge in [-0.25, -0.2) is 4.39 Å². The highest BCUT2D eigenvalue weighted by atomic mass is 19.1. The average Bonchev–Trinajstić information content (AvgIpc) is 2.29. The minimum atomic E-state index is -0.290. The Kier molecular flexibility index (Phi) is 2.84. The minimum absolute atomic E-state index is 0.290. The van der Waals surface area contributed by atoms with Crippen molar-refractivity contribution in [1.82, 2.24) is 0 Å². The van der Waals surface area contributed by atoms with E-state index in [1.165, 1.54) is 12.1 Å². The van der Waals surface area contributed by atoms with Crippen LogP contribution in [0, 0.1) is 17.1 Å². The fourth-order valence-corrected chi connectivity index (χ4v) is 1.40. The molecule has 0 aliphatic rings. The Hall–Kier alpha value is -2.34. The number of rotatable bonds is 2.